The number of hydrogen-bond acceptors (Lipinski definition) is 7. The number of fused-ring (bicyclic) bond motifs is 1. The Labute approximate surface area is 216 Å². The summed E-state index contributed by atoms with van der Waals surface area (Å²) in [7, 11) is 0. The van der Waals surface area contributed by atoms with Gasteiger partial charge in [0, 0.05) is 51.7 Å². The van der Waals surface area contributed by atoms with Crippen LogP contribution in [0.15, 0.2) is 54.3 Å². The Bertz CT molecular complexity index is 1100. The highest BCUT2D eigenvalue weighted by atomic mass is 19.1. The summed E-state index contributed by atoms with van der Waals surface area (Å²) in [5.41, 5.74) is 2.05. The first-order chi connectivity index (χ1) is 18.1. The summed E-state index contributed by atoms with van der Waals surface area (Å²) in [5.74, 6) is 1.25. The molecule has 0 saturated carbocycles. The Morgan fingerprint density at radius 3 is 2.59 bits per heavy atom. The number of halogens is 1. The summed E-state index contributed by atoms with van der Waals surface area (Å²) in [5, 5.41) is 9.02. The normalized spacial score (nSPS) is 21.5. The Morgan fingerprint density at radius 1 is 1.03 bits per heavy atom. The van der Waals surface area contributed by atoms with Gasteiger partial charge in [-0.05, 0) is 54.3 Å². The van der Waals surface area contributed by atoms with E-state index < -0.39 is 6.29 Å². The maximum Gasteiger partial charge on any atom is 0.288 e. The Morgan fingerprint density at radius 2 is 1.81 bits per heavy atom. The molecule has 1 amide bonds. The first-order valence-electron chi connectivity index (χ1n) is 12.9. The summed E-state index contributed by atoms with van der Waals surface area (Å²) >= 11 is 0. The van der Waals surface area contributed by atoms with E-state index >= 15 is 0 Å². The van der Waals surface area contributed by atoms with Crippen LogP contribution in [0.1, 0.15) is 36.3 Å². The van der Waals surface area contributed by atoms with E-state index in [9.17, 15) is 9.18 Å². The van der Waals surface area contributed by atoms with Crippen LogP contribution < -0.4 is 9.47 Å². The molecule has 2 aromatic rings. The Balaban J connectivity index is 1.21. The molecule has 3 aliphatic rings. The first-order valence-corrected chi connectivity index (χ1v) is 12.9. The fourth-order valence-electron chi connectivity index (χ4n) is 4.84. The molecule has 2 atom stereocenters. The molecule has 5 rings (SSSR count). The van der Waals surface area contributed by atoms with Crippen molar-refractivity contribution in [3.8, 4) is 11.5 Å². The number of piperazine rings is 1. The van der Waals surface area contributed by atoms with Crippen molar-refractivity contribution in [3.05, 3.63) is 71.2 Å². The van der Waals surface area contributed by atoms with Crippen molar-refractivity contribution >= 4 is 5.91 Å². The molecule has 0 aliphatic carbocycles. The number of nitrogens with zero attached hydrogens (tertiary/aromatic N) is 2. The highest BCUT2D eigenvalue weighted by Gasteiger charge is 2.32. The van der Waals surface area contributed by atoms with Crippen LogP contribution >= 0.6 is 0 Å². The molecule has 2 aromatic carbocycles. The topological polar surface area (TPSA) is 80.7 Å². The van der Waals surface area contributed by atoms with E-state index in [2.05, 4.69) is 4.90 Å². The Hall–Kier alpha value is -3.14. The Kier molecular flexibility index (Phi) is 8.23. The predicted octanol–water partition coefficient (Wildman–Crippen LogP) is 3.40. The number of rotatable bonds is 9. The molecule has 9 heteroatoms. The van der Waals surface area contributed by atoms with Gasteiger partial charge in [0.2, 0.25) is 13.1 Å². The van der Waals surface area contributed by atoms with Crippen LogP contribution in [-0.2, 0) is 20.8 Å². The van der Waals surface area contributed by atoms with E-state index in [-0.39, 0.29) is 36.8 Å². The van der Waals surface area contributed by atoms with Crippen LogP contribution in [-0.4, -0.2) is 73.3 Å². The number of carbonyl (C=O) groups is 1. The second-order valence-electron chi connectivity index (χ2n) is 9.53. The quantitative estimate of drug-likeness (QED) is 0.516. The maximum absolute atomic E-state index is 13.5. The molecule has 0 aromatic heterocycles. The van der Waals surface area contributed by atoms with E-state index in [1.807, 2.05) is 29.2 Å². The van der Waals surface area contributed by atoms with Gasteiger partial charge in [-0.15, -0.1) is 0 Å². The number of aliphatic hydroxyl groups is 1. The zero-order valence-corrected chi connectivity index (χ0v) is 20.8. The number of unbranched alkanes of at least 4 members (excludes halogenated alkanes) is 1. The smallest absolute Gasteiger partial charge is 0.288 e. The van der Waals surface area contributed by atoms with E-state index in [0.29, 0.717) is 39.0 Å². The van der Waals surface area contributed by atoms with Crippen LogP contribution in [0.5, 0.6) is 11.5 Å². The standard InChI is InChI=1S/C28H33FN2O6/c29-23-6-4-21(5-7-23)22-16-26(37-27(17-22)34-14-2-1-13-32)28(33)31-11-9-30(10-12-31)18-20-3-8-24-25(15-20)36-19-35-24/h3-8,15-16,22,27,32H,1-2,9-14,17-19H2/t22-,27+/m1/s1. The number of amides is 1. The van der Waals surface area contributed by atoms with Crippen molar-refractivity contribution in [1.82, 2.24) is 9.80 Å². The zero-order valence-electron chi connectivity index (χ0n) is 20.8. The SMILES string of the molecule is O=C(C1=C[C@@H](c2ccc(F)cc2)C[C@@H](OCCCCO)O1)N1CCN(Cc2ccc3c(c2)OCO3)CC1. The van der Waals surface area contributed by atoms with Crippen molar-refractivity contribution < 1.29 is 33.2 Å². The van der Waals surface area contributed by atoms with Crippen LogP contribution in [0.2, 0.25) is 0 Å². The summed E-state index contributed by atoms with van der Waals surface area (Å²) < 4.78 is 36.2. The maximum atomic E-state index is 13.5. The molecule has 0 unspecified atom stereocenters. The van der Waals surface area contributed by atoms with Gasteiger partial charge < -0.3 is 29.0 Å². The molecular formula is C28H33FN2O6. The van der Waals surface area contributed by atoms with Gasteiger partial charge in [0.05, 0.1) is 6.61 Å². The fraction of sp³-hybridized carbons (Fsp3) is 0.464. The van der Waals surface area contributed by atoms with Gasteiger partial charge in [-0.3, -0.25) is 9.69 Å². The molecule has 3 heterocycles. The van der Waals surface area contributed by atoms with Gasteiger partial charge in [-0.2, -0.15) is 0 Å². The molecule has 198 valence electrons. The first kappa shape index (κ1) is 25.5. The number of aliphatic hydroxyl groups excluding tert-OH is 1. The summed E-state index contributed by atoms with van der Waals surface area (Å²) in [6, 6.07) is 12.3. The highest BCUT2D eigenvalue weighted by molar-refractivity contribution is 5.92. The molecule has 3 aliphatic heterocycles. The molecule has 1 N–H and O–H groups in total. The van der Waals surface area contributed by atoms with Crippen molar-refractivity contribution in [3.63, 3.8) is 0 Å². The van der Waals surface area contributed by atoms with Crippen LogP contribution in [0.25, 0.3) is 0 Å². The van der Waals surface area contributed by atoms with Crippen molar-refractivity contribution in [2.24, 2.45) is 0 Å². The predicted molar refractivity (Wildman–Crippen MR) is 133 cm³/mol. The van der Waals surface area contributed by atoms with Crippen molar-refractivity contribution in [2.45, 2.75) is 38.0 Å². The van der Waals surface area contributed by atoms with Gasteiger partial charge in [0.15, 0.2) is 17.3 Å². The summed E-state index contributed by atoms with van der Waals surface area (Å²) in [4.78, 5) is 17.6. The lowest BCUT2D eigenvalue weighted by Gasteiger charge is -2.36. The zero-order chi connectivity index (χ0) is 25.6. The third-order valence-corrected chi connectivity index (χ3v) is 6.93. The van der Waals surface area contributed by atoms with Gasteiger partial charge in [-0.25, -0.2) is 4.39 Å². The molecule has 1 fully saturated rings. The van der Waals surface area contributed by atoms with Crippen LogP contribution in [0, 0.1) is 5.82 Å². The van der Waals surface area contributed by atoms with Crippen molar-refractivity contribution in [2.75, 3.05) is 46.2 Å². The lowest BCUT2D eigenvalue weighted by atomic mass is 9.93. The summed E-state index contributed by atoms with van der Waals surface area (Å²) in [6.07, 6.45) is 3.14. The minimum Gasteiger partial charge on any atom is -0.459 e. The molecule has 1 saturated heterocycles. The molecule has 0 bridgehead atoms. The summed E-state index contributed by atoms with van der Waals surface area (Å²) in [6.45, 7) is 4.24. The third-order valence-electron chi connectivity index (χ3n) is 6.93. The number of hydrogen-bond donors (Lipinski definition) is 1. The largest absolute Gasteiger partial charge is 0.459 e. The second kappa shape index (κ2) is 11.9. The third kappa shape index (κ3) is 6.41. The molecule has 0 radical (unpaired) electrons. The van der Waals surface area contributed by atoms with Gasteiger partial charge in [-0.1, -0.05) is 18.2 Å². The van der Waals surface area contributed by atoms with E-state index in [1.165, 1.54) is 12.1 Å². The number of ether oxygens (including phenoxy) is 4. The number of benzene rings is 2. The van der Waals surface area contributed by atoms with Crippen molar-refractivity contribution in [1.29, 1.82) is 0 Å². The van der Waals surface area contributed by atoms with Gasteiger partial charge in [0.25, 0.3) is 5.91 Å². The van der Waals surface area contributed by atoms with Crippen LogP contribution in [0.3, 0.4) is 0 Å². The fourth-order valence-corrected chi connectivity index (χ4v) is 4.84. The minimum absolute atomic E-state index is 0.109. The lowest BCUT2D eigenvalue weighted by molar-refractivity contribution is -0.154. The number of carbonyl (C=O) groups excluding carboxylic acids is 1. The average molecular weight is 513 g/mol. The molecule has 0 spiro atoms. The average Bonchev–Trinajstić information content (AvgIpc) is 3.39. The molecular weight excluding hydrogens is 479 g/mol. The molecule has 8 nitrogen and oxygen atoms in total. The van der Waals surface area contributed by atoms with Crippen LogP contribution in [0.4, 0.5) is 4.39 Å². The van der Waals surface area contributed by atoms with Gasteiger partial charge in [0.1, 0.15) is 5.82 Å². The minimum atomic E-state index is -0.579. The van der Waals surface area contributed by atoms with E-state index in [1.54, 1.807) is 12.1 Å². The van der Waals surface area contributed by atoms with E-state index in [4.69, 9.17) is 24.1 Å². The second-order valence-corrected chi connectivity index (χ2v) is 9.53. The monoisotopic (exact) mass is 512 g/mol. The lowest BCUT2D eigenvalue weighted by Crippen LogP contribution is -2.49. The van der Waals surface area contributed by atoms with E-state index in [0.717, 1.165) is 42.3 Å². The number of allylic oxidation sites excluding steroid dienone is 1. The highest BCUT2D eigenvalue weighted by Crippen LogP contribution is 2.34. The molecule has 37 heavy (non-hydrogen) atoms. The van der Waals surface area contributed by atoms with Gasteiger partial charge >= 0.3 is 0 Å².